The largest absolute Gasteiger partial charge is 0.497 e. The van der Waals surface area contributed by atoms with Crippen molar-refractivity contribution in [1.82, 2.24) is 24.5 Å². The molecule has 2 aromatic carbocycles. The van der Waals surface area contributed by atoms with Gasteiger partial charge in [0.1, 0.15) is 17.9 Å². The standard InChI is InChI=1S/C24H21N7O2/c1-33-20-8-6-18(7-9-20)21-15-26-24-27-16-28-31(24)22(21)29-10-12-30(13-11-29)23(32)19-4-2-17(14-25)3-5-19/h2-9,15-16H,10-13H2,1H3. The van der Waals surface area contributed by atoms with Crippen LogP contribution in [0, 0.1) is 11.3 Å². The Morgan fingerprint density at radius 2 is 1.73 bits per heavy atom. The summed E-state index contributed by atoms with van der Waals surface area (Å²) >= 11 is 0. The van der Waals surface area contributed by atoms with E-state index in [2.05, 4.69) is 26.0 Å². The third-order valence-corrected chi connectivity index (χ3v) is 5.81. The van der Waals surface area contributed by atoms with Crippen molar-refractivity contribution >= 4 is 17.5 Å². The highest BCUT2D eigenvalue weighted by Crippen LogP contribution is 2.32. The topological polar surface area (TPSA) is 99.7 Å². The quantitative estimate of drug-likeness (QED) is 0.482. The lowest BCUT2D eigenvalue weighted by Crippen LogP contribution is -2.49. The Balaban J connectivity index is 1.41. The highest BCUT2D eigenvalue weighted by atomic mass is 16.5. The van der Waals surface area contributed by atoms with Crippen molar-refractivity contribution in [2.45, 2.75) is 0 Å². The number of nitrogens with zero attached hydrogens (tertiary/aromatic N) is 7. The Morgan fingerprint density at radius 3 is 2.39 bits per heavy atom. The van der Waals surface area contributed by atoms with Crippen LogP contribution in [-0.2, 0) is 0 Å². The number of piperazine rings is 1. The second-order valence-corrected chi connectivity index (χ2v) is 7.66. The SMILES string of the molecule is COc1ccc(-c2cnc3ncnn3c2N2CCN(C(=O)c3ccc(C#N)cc3)CC2)cc1. The first-order valence-electron chi connectivity index (χ1n) is 10.6. The van der Waals surface area contributed by atoms with E-state index in [0.717, 1.165) is 22.7 Å². The Bertz CT molecular complexity index is 1330. The fourth-order valence-electron chi connectivity index (χ4n) is 4.04. The normalized spacial score (nSPS) is 13.7. The summed E-state index contributed by atoms with van der Waals surface area (Å²) in [7, 11) is 1.64. The molecule has 9 heteroatoms. The molecule has 1 aliphatic heterocycles. The van der Waals surface area contributed by atoms with Crippen molar-refractivity contribution in [3.05, 3.63) is 72.2 Å². The summed E-state index contributed by atoms with van der Waals surface area (Å²) in [6, 6.07) is 16.6. The van der Waals surface area contributed by atoms with E-state index in [4.69, 9.17) is 10.00 Å². The van der Waals surface area contributed by atoms with Crippen LogP contribution in [0.25, 0.3) is 16.9 Å². The number of methoxy groups -OCH3 is 1. The summed E-state index contributed by atoms with van der Waals surface area (Å²) in [6.07, 6.45) is 3.31. The van der Waals surface area contributed by atoms with Crippen molar-refractivity contribution in [2.75, 3.05) is 38.2 Å². The number of amides is 1. The number of benzene rings is 2. The van der Waals surface area contributed by atoms with Crippen molar-refractivity contribution < 1.29 is 9.53 Å². The van der Waals surface area contributed by atoms with E-state index in [1.807, 2.05) is 35.4 Å². The van der Waals surface area contributed by atoms with E-state index in [0.29, 0.717) is 43.1 Å². The molecular weight excluding hydrogens is 418 g/mol. The highest BCUT2D eigenvalue weighted by molar-refractivity contribution is 5.94. The average Bonchev–Trinajstić information content (AvgIpc) is 3.37. The fraction of sp³-hybridized carbons (Fsp3) is 0.208. The Kier molecular flexibility index (Phi) is 5.32. The van der Waals surface area contributed by atoms with Crippen LogP contribution in [0.1, 0.15) is 15.9 Å². The molecule has 0 radical (unpaired) electrons. The van der Waals surface area contributed by atoms with Crippen LogP contribution >= 0.6 is 0 Å². The third-order valence-electron chi connectivity index (χ3n) is 5.81. The average molecular weight is 439 g/mol. The molecule has 1 amide bonds. The van der Waals surface area contributed by atoms with Crippen LogP contribution in [0.2, 0.25) is 0 Å². The molecule has 9 nitrogen and oxygen atoms in total. The zero-order chi connectivity index (χ0) is 22.8. The number of aromatic nitrogens is 4. The van der Waals surface area contributed by atoms with Gasteiger partial charge in [0.2, 0.25) is 0 Å². The van der Waals surface area contributed by atoms with Gasteiger partial charge in [-0.05, 0) is 42.0 Å². The van der Waals surface area contributed by atoms with E-state index in [1.165, 1.54) is 6.33 Å². The van der Waals surface area contributed by atoms with Gasteiger partial charge in [0, 0.05) is 43.5 Å². The van der Waals surface area contributed by atoms with Crippen LogP contribution < -0.4 is 9.64 Å². The molecule has 0 bridgehead atoms. The van der Waals surface area contributed by atoms with Crippen molar-refractivity contribution in [1.29, 1.82) is 5.26 Å². The maximum Gasteiger partial charge on any atom is 0.254 e. The predicted octanol–water partition coefficient (Wildman–Crippen LogP) is 2.63. The molecule has 0 unspecified atom stereocenters. The number of nitriles is 1. The summed E-state index contributed by atoms with van der Waals surface area (Å²) in [4.78, 5) is 25.7. The number of carbonyl (C=O) groups is 1. The number of carbonyl (C=O) groups excluding carboxylic acids is 1. The molecule has 1 aliphatic rings. The molecule has 164 valence electrons. The molecule has 1 saturated heterocycles. The van der Waals surface area contributed by atoms with Gasteiger partial charge in [-0.2, -0.15) is 19.9 Å². The fourth-order valence-corrected chi connectivity index (χ4v) is 4.04. The first-order chi connectivity index (χ1) is 16.2. The molecule has 33 heavy (non-hydrogen) atoms. The van der Waals surface area contributed by atoms with Crippen LogP contribution in [-0.4, -0.2) is 63.7 Å². The molecule has 0 aliphatic carbocycles. The Labute approximate surface area is 190 Å². The van der Waals surface area contributed by atoms with E-state index in [1.54, 1.807) is 35.9 Å². The molecule has 1 fully saturated rings. The lowest BCUT2D eigenvalue weighted by Gasteiger charge is -2.36. The minimum Gasteiger partial charge on any atom is -0.497 e. The number of hydrogen-bond donors (Lipinski definition) is 0. The minimum atomic E-state index is -0.0323. The lowest BCUT2D eigenvalue weighted by atomic mass is 10.1. The van der Waals surface area contributed by atoms with Crippen molar-refractivity contribution in [3.8, 4) is 22.9 Å². The van der Waals surface area contributed by atoms with Gasteiger partial charge in [-0.3, -0.25) is 4.79 Å². The van der Waals surface area contributed by atoms with Gasteiger partial charge in [0.15, 0.2) is 0 Å². The summed E-state index contributed by atoms with van der Waals surface area (Å²) in [6.45, 7) is 2.42. The Hall–Kier alpha value is -4.45. The van der Waals surface area contributed by atoms with E-state index in [9.17, 15) is 4.79 Å². The third kappa shape index (κ3) is 3.83. The molecule has 0 atom stereocenters. The van der Waals surface area contributed by atoms with Crippen LogP contribution in [0.4, 0.5) is 5.82 Å². The van der Waals surface area contributed by atoms with Crippen LogP contribution in [0.5, 0.6) is 5.75 Å². The monoisotopic (exact) mass is 439 g/mol. The zero-order valence-corrected chi connectivity index (χ0v) is 18.0. The molecule has 0 spiro atoms. The molecule has 5 rings (SSSR count). The molecule has 4 aromatic rings. The number of rotatable bonds is 4. The molecule has 2 aromatic heterocycles. The maximum absolute atomic E-state index is 12.9. The highest BCUT2D eigenvalue weighted by Gasteiger charge is 2.26. The Morgan fingerprint density at radius 1 is 1.00 bits per heavy atom. The molecular formula is C24H21N7O2. The molecule has 0 saturated carbocycles. The first kappa shape index (κ1) is 20.5. The summed E-state index contributed by atoms with van der Waals surface area (Å²) in [5.41, 5.74) is 3.05. The smallest absolute Gasteiger partial charge is 0.254 e. The molecule has 3 heterocycles. The summed E-state index contributed by atoms with van der Waals surface area (Å²) in [5, 5.41) is 13.4. The van der Waals surface area contributed by atoms with Crippen LogP contribution in [0.15, 0.2) is 61.1 Å². The summed E-state index contributed by atoms with van der Waals surface area (Å²) < 4.78 is 7.03. The summed E-state index contributed by atoms with van der Waals surface area (Å²) in [5.74, 6) is 2.17. The van der Waals surface area contributed by atoms with Gasteiger partial charge in [-0.25, -0.2) is 4.98 Å². The first-order valence-corrected chi connectivity index (χ1v) is 10.6. The second-order valence-electron chi connectivity index (χ2n) is 7.66. The van der Waals surface area contributed by atoms with Gasteiger partial charge in [0.05, 0.1) is 18.7 Å². The van der Waals surface area contributed by atoms with E-state index in [-0.39, 0.29) is 5.91 Å². The van der Waals surface area contributed by atoms with Gasteiger partial charge in [-0.15, -0.1) is 0 Å². The second kappa shape index (κ2) is 8.59. The molecule has 0 N–H and O–H groups in total. The lowest BCUT2D eigenvalue weighted by molar-refractivity contribution is 0.0746. The van der Waals surface area contributed by atoms with Crippen molar-refractivity contribution in [2.24, 2.45) is 0 Å². The van der Waals surface area contributed by atoms with Gasteiger partial charge in [-0.1, -0.05) is 12.1 Å². The number of fused-ring (bicyclic) bond motifs is 1. The zero-order valence-electron chi connectivity index (χ0n) is 18.0. The van der Waals surface area contributed by atoms with E-state index < -0.39 is 0 Å². The number of ether oxygens (including phenoxy) is 1. The van der Waals surface area contributed by atoms with E-state index >= 15 is 0 Å². The van der Waals surface area contributed by atoms with Gasteiger partial charge < -0.3 is 14.5 Å². The minimum absolute atomic E-state index is 0.0323. The van der Waals surface area contributed by atoms with Gasteiger partial charge in [0.25, 0.3) is 11.7 Å². The van der Waals surface area contributed by atoms with Crippen LogP contribution in [0.3, 0.4) is 0 Å². The number of hydrogen-bond acceptors (Lipinski definition) is 7. The maximum atomic E-state index is 12.9. The number of anilines is 1. The van der Waals surface area contributed by atoms with Gasteiger partial charge >= 0.3 is 0 Å². The predicted molar refractivity (Wildman–Crippen MR) is 122 cm³/mol. The van der Waals surface area contributed by atoms with Crippen molar-refractivity contribution in [3.63, 3.8) is 0 Å².